The first-order chi connectivity index (χ1) is 8.41. The Morgan fingerprint density at radius 2 is 1.67 bits per heavy atom. The van der Waals surface area contributed by atoms with E-state index in [1.165, 1.54) is 12.4 Å². The lowest BCUT2D eigenvalue weighted by Gasteiger charge is -2.16. The van der Waals surface area contributed by atoms with Gasteiger partial charge in [-0.2, -0.15) is 0 Å². The van der Waals surface area contributed by atoms with Gasteiger partial charge in [-0.3, -0.25) is 9.78 Å². The summed E-state index contributed by atoms with van der Waals surface area (Å²) >= 11 is 0. The summed E-state index contributed by atoms with van der Waals surface area (Å²) in [5.41, 5.74) is -0.123. The number of carbonyl (C=O) groups excluding carboxylic acids is 2. The molecule has 0 amide bonds. The minimum absolute atomic E-state index is 0.0446. The van der Waals surface area contributed by atoms with E-state index in [1.807, 2.05) is 0 Å². The van der Waals surface area contributed by atoms with Crippen LogP contribution >= 0.6 is 0 Å². The van der Waals surface area contributed by atoms with Crippen LogP contribution in [-0.4, -0.2) is 30.1 Å². The van der Waals surface area contributed by atoms with Gasteiger partial charge in [0.1, 0.15) is 13.2 Å². The number of hydrogen-bond acceptors (Lipinski definition) is 5. The first-order valence-corrected chi connectivity index (χ1v) is 5.65. The molecule has 0 aliphatic heterocycles. The standard InChI is InChI=1S/C13H17NO4/c1-13(2,3)12(16)18-9-8-17-11(15)10-4-6-14-7-5-10/h4-7H,8-9H2,1-3H3. The second-order valence-electron chi connectivity index (χ2n) is 4.76. The normalized spacial score (nSPS) is 10.8. The van der Waals surface area contributed by atoms with Crippen molar-refractivity contribution in [1.82, 2.24) is 4.98 Å². The molecule has 0 radical (unpaired) electrons. The Hall–Kier alpha value is -1.91. The summed E-state index contributed by atoms with van der Waals surface area (Å²) in [5, 5.41) is 0. The van der Waals surface area contributed by atoms with Crippen molar-refractivity contribution in [1.29, 1.82) is 0 Å². The summed E-state index contributed by atoms with van der Waals surface area (Å²) < 4.78 is 9.91. The van der Waals surface area contributed by atoms with Gasteiger partial charge in [-0.25, -0.2) is 4.79 Å². The van der Waals surface area contributed by atoms with Gasteiger partial charge in [0.2, 0.25) is 0 Å². The van der Waals surface area contributed by atoms with Gasteiger partial charge >= 0.3 is 11.9 Å². The fourth-order valence-electron chi connectivity index (χ4n) is 1.06. The molecule has 0 unspecified atom stereocenters. The van der Waals surface area contributed by atoms with Gasteiger partial charge in [0.05, 0.1) is 11.0 Å². The Morgan fingerprint density at radius 1 is 1.11 bits per heavy atom. The van der Waals surface area contributed by atoms with Crippen LogP contribution in [0.15, 0.2) is 24.5 Å². The first-order valence-electron chi connectivity index (χ1n) is 5.65. The van der Waals surface area contributed by atoms with Gasteiger partial charge in [-0.05, 0) is 32.9 Å². The van der Waals surface area contributed by atoms with Gasteiger partial charge in [-0.15, -0.1) is 0 Å². The third kappa shape index (κ3) is 4.53. The van der Waals surface area contributed by atoms with Gasteiger partial charge in [0, 0.05) is 12.4 Å². The van der Waals surface area contributed by atoms with Crippen LogP contribution in [0.3, 0.4) is 0 Å². The van der Waals surface area contributed by atoms with Crippen LogP contribution in [0.2, 0.25) is 0 Å². The fourth-order valence-corrected chi connectivity index (χ4v) is 1.06. The maximum atomic E-state index is 11.5. The predicted molar refractivity (Wildman–Crippen MR) is 64.9 cm³/mol. The van der Waals surface area contributed by atoms with Crippen LogP contribution < -0.4 is 0 Å². The monoisotopic (exact) mass is 251 g/mol. The topological polar surface area (TPSA) is 65.5 Å². The number of carbonyl (C=O) groups is 2. The average molecular weight is 251 g/mol. The molecule has 1 aromatic heterocycles. The molecule has 0 spiro atoms. The minimum atomic E-state index is -0.547. The molecule has 18 heavy (non-hydrogen) atoms. The van der Waals surface area contributed by atoms with Gasteiger partial charge in [0.15, 0.2) is 0 Å². The molecule has 0 bridgehead atoms. The summed E-state index contributed by atoms with van der Waals surface area (Å²) in [6.07, 6.45) is 3.02. The van der Waals surface area contributed by atoms with Crippen molar-refractivity contribution in [3.8, 4) is 0 Å². The number of nitrogens with zero attached hydrogens (tertiary/aromatic N) is 1. The van der Waals surface area contributed by atoms with Crippen molar-refractivity contribution in [2.75, 3.05) is 13.2 Å². The maximum absolute atomic E-state index is 11.5. The largest absolute Gasteiger partial charge is 0.462 e. The fraction of sp³-hybridized carbons (Fsp3) is 0.462. The molecule has 0 fully saturated rings. The quantitative estimate of drug-likeness (QED) is 0.603. The molecule has 0 aliphatic carbocycles. The molecular formula is C13H17NO4. The van der Waals surface area contributed by atoms with Crippen LogP contribution in [0.25, 0.3) is 0 Å². The molecule has 0 atom stereocenters. The Morgan fingerprint density at radius 3 is 2.22 bits per heavy atom. The zero-order valence-corrected chi connectivity index (χ0v) is 10.8. The smallest absolute Gasteiger partial charge is 0.338 e. The van der Waals surface area contributed by atoms with Crippen molar-refractivity contribution in [3.05, 3.63) is 30.1 Å². The summed E-state index contributed by atoms with van der Waals surface area (Å²) in [4.78, 5) is 26.7. The molecule has 1 heterocycles. The van der Waals surface area contributed by atoms with E-state index >= 15 is 0 Å². The lowest BCUT2D eigenvalue weighted by Crippen LogP contribution is -2.24. The molecule has 0 aromatic carbocycles. The highest BCUT2D eigenvalue weighted by molar-refractivity contribution is 5.89. The van der Waals surface area contributed by atoms with Crippen LogP contribution in [-0.2, 0) is 14.3 Å². The molecule has 5 heteroatoms. The van der Waals surface area contributed by atoms with E-state index < -0.39 is 11.4 Å². The number of hydrogen-bond donors (Lipinski definition) is 0. The summed E-state index contributed by atoms with van der Waals surface area (Å²) in [6.45, 7) is 5.39. The number of ether oxygens (including phenoxy) is 2. The van der Waals surface area contributed by atoms with Crippen LogP contribution in [0, 0.1) is 5.41 Å². The Bertz CT molecular complexity index is 409. The van der Waals surface area contributed by atoms with E-state index in [0.29, 0.717) is 5.56 Å². The first kappa shape index (κ1) is 14.2. The van der Waals surface area contributed by atoms with E-state index in [4.69, 9.17) is 9.47 Å². The van der Waals surface area contributed by atoms with Crippen LogP contribution in [0.4, 0.5) is 0 Å². The molecule has 98 valence electrons. The van der Waals surface area contributed by atoms with Crippen molar-refractivity contribution in [2.45, 2.75) is 20.8 Å². The van der Waals surface area contributed by atoms with Crippen molar-refractivity contribution in [2.24, 2.45) is 5.41 Å². The lowest BCUT2D eigenvalue weighted by atomic mass is 9.97. The van der Waals surface area contributed by atoms with Crippen molar-refractivity contribution < 1.29 is 19.1 Å². The van der Waals surface area contributed by atoms with Crippen LogP contribution in [0.1, 0.15) is 31.1 Å². The summed E-state index contributed by atoms with van der Waals surface area (Å²) in [7, 11) is 0. The van der Waals surface area contributed by atoms with E-state index in [9.17, 15) is 9.59 Å². The minimum Gasteiger partial charge on any atom is -0.462 e. The highest BCUT2D eigenvalue weighted by Crippen LogP contribution is 2.14. The lowest BCUT2D eigenvalue weighted by molar-refractivity contribution is -0.154. The molecule has 0 N–H and O–H groups in total. The second-order valence-corrected chi connectivity index (χ2v) is 4.76. The average Bonchev–Trinajstić information content (AvgIpc) is 2.34. The number of esters is 2. The molecular weight excluding hydrogens is 234 g/mol. The Balaban J connectivity index is 2.27. The van der Waals surface area contributed by atoms with E-state index in [0.717, 1.165) is 0 Å². The maximum Gasteiger partial charge on any atom is 0.338 e. The second kappa shape index (κ2) is 6.14. The molecule has 0 aliphatic rings. The SMILES string of the molecule is CC(C)(C)C(=O)OCCOC(=O)c1ccncc1. The molecule has 5 nitrogen and oxygen atoms in total. The summed E-state index contributed by atoms with van der Waals surface area (Å²) in [6, 6.07) is 3.12. The Labute approximate surface area is 106 Å². The van der Waals surface area contributed by atoms with E-state index in [2.05, 4.69) is 4.98 Å². The van der Waals surface area contributed by atoms with E-state index in [1.54, 1.807) is 32.9 Å². The van der Waals surface area contributed by atoms with Crippen molar-refractivity contribution >= 4 is 11.9 Å². The highest BCUT2D eigenvalue weighted by atomic mass is 16.6. The van der Waals surface area contributed by atoms with Gasteiger partial charge < -0.3 is 9.47 Å². The third-order valence-electron chi connectivity index (χ3n) is 2.08. The number of aromatic nitrogens is 1. The van der Waals surface area contributed by atoms with Crippen LogP contribution in [0.5, 0.6) is 0 Å². The predicted octanol–water partition coefficient (Wildman–Crippen LogP) is 1.83. The zero-order chi connectivity index (χ0) is 13.6. The highest BCUT2D eigenvalue weighted by Gasteiger charge is 2.22. The Kier molecular flexibility index (Phi) is 4.83. The van der Waals surface area contributed by atoms with Gasteiger partial charge in [-0.1, -0.05) is 0 Å². The van der Waals surface area contributed by atoms with Crippen molar-refractivity contribution in [3.63, 3.8) is 0 Å². The zero-order valence-electron chi connectivity index (χ0n) is 10.8. The van der Waals surface area contributed by atoms with E-state index in [-0.39, 0.29) is 19.2 Å². The molecule has 1 rings (SSSR count). The summed E-state index contributed by atoms with van der Waals surface area (Å²) in [5.74, 6) is -0.772. The van der Waals surface area contributed by atoms with Gasteiger partial charge in [0.25, 0.3) is 0 Å². The molecule has 0 saturated heterocycles. The third-order valence-corrected chi connectivity index (χ3v) is 2.08. The number of pyridine rings is 1. The molecule has 0 saturated carbocycles. The number of rotatable bonds is 4. The molecule has 1 aromatic rings.